The van der Waals surface area contributed by atoms with Gasteiger partial charge in [0.2, 0.25) is 0 Å². The molecule has 1 unspecified atom stereocenters. The molecule has 1 aliphatic heterocycles. The van der Waals surface area contributed by atoms with Crippen molar-refractivity contribution in [2.75, 3.05) is 18.0 Å². The minimum atomic E-state index is -0.869. The molecule has 0 amide bonds. The number of anilines is 1. The molecule has 0 bridgehead atoms. The standard InChI is InChI=1S/C18H23N3O2/c1-13-6-7-16(19-12-13)18(23)8-10-21(11-9-18)17-5-3-4-15(20-17)14(2)22/h3-7,12,14,22-23H,8-11H2,1-2H3. The lowest BCUT2D eigenvalue weighted by atomic mass is 9.87. The van der Waals surface area contributed by atoms with Crippen molar-refractivity contribution in [1.82, 2.24) is 9.97 Å². The van der Waals surface area contributed by atoms with Gasteiger partial charge in [0.25, 0.3) is 0 Å². The van der Waals surface area contributed by atoms with Gasteiger partial charge in [0.05, 0.1) is 17.5 Å². The van der Waals surface area contributed by atoms with Crippen LogP contribution in [0.15, 0.2) is 36.5 Å². The number of rotatable bonds is 3. The molecule has 2 aromatic rings. The van der Waals surface area contributed by atoms with E-state index in [2.05, 4.69) is 14.9 Å². The van der Waals surface area contributed by atoms with Gasteiger partial charge < -0.3 is 15.1 Å². The number of aliphatic hydroxyl groups is 2. The third kappa shape index (κ3) is 3.35. The highest BCUT2D eigenvalue weighted by molar-refractivity contribution is 5.40. The summed E-state index contributed by atoms with van der Waals surface area (Å²) in [7, 11) is 0. The van der Waals surface area contributed by atoms with Crippen molar-refractivity contribution in [3.05, 3.63) is 53.5 Å². The van der Waals surface area contributed by atoms with Gasteiger partial charge in [0, 0.05) is 19.3 Å². The minimum absolute atomic E-state index is 0.576. The summed E-state index contributed by atoms with van der Waals surface area (Å²) in [6.07, 6.45) is 2.45. The van der Waals surface area contributed by atoms with Gasteiger partial charge in [-0.3, -0.25) is 4.98 Å². The summed E-state index contributed by atoms with van der Waals surface area (Å²) in [5, 5.41) is 20.6. The summed E-state index contributed by atoms with van der Waals surface area (Å²) < 4.78 is 0. The predicted molar refractivity (Wildman–Crippen MR) is 89.2 cm³/mol. The molecule has 0 radical (unpaired) electrons. The van der Waals surface area contributed by atoms with Crippen LogP contribution >= 0.6 is 0 Å². The van der Waals surface area contributed by atoms with Gasteiger partial charge in [-0.15, -0.1) is 0 Å². The van der Waals surface area contributed by atoms with Gasteiger partial charge in [-0.05, 0) is 50.5 Å². The quantitative estimate of drug-likeness (QED) is 0.910. The molecule has 5 heteroatoms. The van der Waals surface area contributed by atoms with E-state index in [-0.39, 0.29) is 0 Å². The van der Waals surface area contributed by atoms with Gasteiger partial charge in [-0.25, -0.2) is 4.98 Å². The Morgan fingerprint density at radius 2 is 1.91 bits per heavy atom. The zero-order chi connectivity index (χ0) is 16.4. The summed E-state index contributed by atoms with van der Waals surface area (Å²) in [6.45, 7) is 5.12. The Morgan fingerprint density at radius 1 is 1.17 bits per heavy atom. The first-order valence-electron chi connectivity index (χ1n) is 8.03. The van der Waals surface area contributed by atoms with Crippen molar-refractivity contribution in [3.8, 4) is 0 Å². The van der Waals surface area contributed by atoms with E-state index in [1.807, 2.05) is 37.3 Å². The van der Waals surface area contributed by atoms with Gasteiger partial charge in [-0.1, -0.05) is 12.1 Å². The maximum Gasteiger partial charge on any atom is 0.128 e. The molecular weight excluding hydrogens is 290 g/mol. The van der Waals surface area contributed by atoms with Crippen molar-refractivity contribution in [2.24, 2.45) is 0 Å². The van der Waals surface area contributed by atoms with E-state index in [0.717, 1.165) is 17.1 Å². The van der Waals surface area contributed by atoms with Gasteiger partial charge in [0.1, 0.15) is 11.4 Å². The number of piperidine rings is 1. The first-order chi connectivity index (χ1) is 11.0. The van der Waals surface area contributed by atoms with Crippen LogP contribution in [0, 0.1) is 6.92 Å². The summed E-state index contributed by atoms with van der Waals surface area (Å²) >= 11 is 0. The van der Waals surface area contributed by atoms with Crippen molar-refractivity contribution < 1.29 is 10.2 Å². The highest BCUT2D eigenvalue weighted by atomic mass is 16.3. The molecule has 0 aliphatic carbocycles. The molecule has 0 aromatic carbocycles. The third-order valence-electron chi connectivity index (χ3n) is 4.49. The zero-order valence-electron chi connectivity index (χ0n) is 13.6. The van der Waals surface area contributed by atoms with Crippen LogP contribution in [0.3, 0.4) is 0 Å². The van der Waals surface area contributed by atoms with E-state index in [9.17, 15) is 10.2 Å². The van der Waals surface area contributed by atoms with E-state index in [4.69, 9.17) is 0 Å². The number of nitrogens with zero attached hydrogens (tertiary/aromatic N) is 3. The van der Waals surface area contributed by atoms with Crippen molar-refractivity contribution in [3.63, 3.8) is 0 Å². The second-order valence-electron chi connectivity index (χ2n) is 6.34. The SMILES string of the molecule is Cc1ccc(C2(O)CCN(c3cccc(C(C)O)n3)CC2)nc1. The lowest BCUT2D eigenvalue weighted by Gasteiger charge is -2.38. The molecule has 0 saturated carbocycles. The molecule has 2 N–H and O–H groups in total. The maximum atomic E-state index is 10.9. The predicted octanol–water partition coefficient (Wildman–Crippen LogP) is 2.33. The topological polar surface area (TPSA) is 69.5 Å². The van der Waals surface area contributed by atoms with Crippen LogP contribution in [-0.2, 0) is 5.60 Å². The van der Waals surface area contributed by atoms with Crippen molar-refractivity contribution >= 4 is 5.82 Å². The number of aliphatic hydroxyl groups excluding tert-OH is 1. The Morgan fingerprint density at radius 3 is 2.52 bits per heavy atom. The minimum Gasteiger partial charge on any atom is -0.387 e. The Balaban J connectivity index is 1.73. The average Bonchev–Trinajstić information content (AvgIpc) is 2.56. The fourth-order valence-corrected chi connectivity index (χ4v) is 2.95. The molecule has 23 heavy (non-hydrogen) atoms. The Kier molecular flexibility index (Phi) is 4.33. The van der Waals surface area contributed by atoms with Gasteiger partial charge >= 0.3 is 0 Å². The smallest absolute Gasteiger partial charge is 0.128 e. The van der Waals surface area contributed by atoms with Crippen LogP contribution in [0.4, 0.5) is 5.82 Å². The van der Waals surface area contributed by atoms with E-state index < -0.39 is 11.7 Å². The van der Waals surface area contributed by atoms with Crippen LogP contribution < -0.4 is 4.90 Å². The zero-order valence-corrected chi connectivity index (χ0v) is 13.6. The first-order valence-corrected chi connectivity index (χ1v) is 8.03. The van der Waals surface area contributed by atoms with Crippen LogP contribution in [0.25, 0.3) is 0 Å². The second kappa shape index (κ2) is 6.26. The van der Waals surface area contributed by atoms with Gasteiger partial charge in [0.15, 0.2) is 0 Å². The van der Waals surface area contributed by atoms with Crippen LogP contribution in [-0.4, -0.2) is 33.3 Å². The molecular formula is C18H23N3O2. The van der Waals surface area contributed by atoms with Crippen LogP contribution in [0.1, 0.15) is 42.8 Å². The third-order valence-corrected chi connectivity index (χ3v) is 4.49. The molecule has 0 spiro atoms. The molecule has 1 atom stereocenters. The summed E-state index contributed by atoms with van der Waals surface area (Å²) in [6, 6.07) is 9.58. The molecule has 122 valence electrons. The van der Waals surface area contributed by atoms with Gasteiger partial charge in [-0.2, -0.15) is 0 Å². The average molecular weight is 313 g/mol. The maximum absolute atomic E-state index is 10.9. The number of hydrogen-bond acceptors (Lipinski definition) is 5. The molecule has 2 aromatic heterocycles. The molecule has 1 fully saturated rings. The van der Waals surface area contributed by atoms with Crippen LogP contribution in [0.2, 0.25) is 0 Å². The second-order valence-corrected chi connectivity index (χ2v) is 6.34. The Bertz CT molecular complexity index is 662. The van der Waals surface area contributed by atoms with E-state index in [1.165, 1.54) is 0 Å². The normalized spacial score (nSPS) is 18.7. The molecule has 1 saturated heterocycles. The lowest BCUT2D eigenvalue weighted by molar-refractivity contribution is 0.00746. The largest absolute Gasteiger partial charge is 0.387 e. The van der Waals surface area contributed by atoms with Crippen LogP contribution in [0.5, 0.6) is 0 Å². The summed E-state index contributed by atoms with van der Waals surface area (Å²) in [5.41, 5.74) is 1.64. The Labute approximate surface area is 136 Å². The number of pyridine rings is 2. The molecule has 5 nitrogen and oxygen atoms in total. The Hall–Kier alpha value is -1.98. The monoisotopic (exact) mass is 313 g/mol. The molecule has 3 rings (SSSR count). The molecule has 1 aliphatic rings. The summed E-state index contributed by atoms with van der Waals surface area (Å²) in [5.74, 6) is 0.849. The first kappa shape index (κ1) is 15.9. The summed E-state index contributed by atoms with van der Waals surface area (Å²) in [4.78, 5) is 11.0. The number of aryl methyl sites for hydroxylation is 1. The number of hydrogen-bond donors (Lipinski definition) is 2. The van der Waals surface area contributed by atoms with E-state index in [1.54, 1.807) is 13.1 Å². The number of aromatic nitrogens is 2. The fourth-order valence-electron chi connectivity index (χ4n) is 2.95. The fraction of sp³-hybridized carbons (Fsp3) is 0.444. The molecule has 3 heterocycles. The van der Waals surface area contributed by atoms with Crippen molar-refractivity contribution in [2.45, 2.75) is 38.4 Å². The highest BCUT2D eigenvalue weighted by Gasteiger charge is 2.35. The highest BCUT2D eigenvalue weighted by Crippen LogP contribution is 2.33. The lowest BCUT2D eigenvalue weighted by Crippen LogP contribution is -2.43. The van der Waals surface area contributed by atoms with E-state index >= 15 is 0 Å². The van der Waals surface area contributed by atoms with E-state index in [0.29, 0.717) is 31.6 Å². The van der Waals surface area contributed by atoms with Crippen molar-refractivity contribution in [1.29, 1.82) is 0 Å².